The van der Waals surface area contributed by atoms with Gasteiger partial charge in [-0.15, -0.1) is 0 Å². The van der Waals surface area contributed by atoms with Crippen molar-refractivity contribution in [2.45, 2.75) is 38.1 Å². The molecule has 5 heteroatoms. The van der Waals surface area contributed by atoms with E-state index in [1.165, 1.54) is 19.3 Å². The molecular weight excluding hydrogens is 278 g/mol. The molecule has 22 heavy (non-hydrogen) atoms. The van der Waals surface area contributed by atoms with Crippen molar-refractivity contribution in [1.29, 1.82) is 0 Å². The second-order valence-corrected chi connectivity index (χ2v) is 5.87. The average Bonchev–Trinajstić information content (AvgIpc) is 2.59. The van der Waals surface area contributed by atoms with Gasteiger partial charge in [0.05, 0.1) is 0 Å². The van der Waals surface area contributed by atoms with Crippen LogP contribution in [0.4, 0.5) is 0 Å². The van der Waals surface area contributed by atoms with Crippen LogP contribution in [0.15, 0.2) is 24.3 Å². The number of benzene rings is 1. The highest BCUT2D eigenvalue weighted by Crippen LogP contribution is 2.26. The minimum Gasteiger partial charge on any atom is -0.355 e. The zero-order valence-electron chi connectivity index (χ0n) is 13.1. The number of carbonyl (C=O) groups excluding carboxylic acids is 2. The predicted molar refractivity (Wildman–Crippen MR) is 86.7 cm³/mol. The molecule has 0 heterocycles. The summed E-state index contributed by atoms with van der Waals surface area (Å²) >= 11 is 0. The van der Waals surface area contributed by atoms with Gasteiger partial charge in [-0.1, -0.05) is 25.3 Å². The van der Waals surface area contributed by atoms with E-state index in [2.05, 4.69) is 10.6 Å². The Hall–Kier alpha value is -1.88. The van der Waals surface area contributed by atoms with Crippen LogP contribution in [-0.4, -0.2) is 31.4 Å². The van der Waals surface area contributed by atoms with Crippen molar-refractivity contribution in [2.75, 3.05) is 13.6 Å². The molecule has 1 aliphatic carbocycles. The Morgan fingerprint density at radius 3 is 2.41 bits per heavy atom. The van der Waals surface area contributed by atoms with Gasteiger partial charge in [-0.05, 0) is 37.0 Å². The highest BCUT2D eigenvalue weighted by atomic mass is 16.2. The molecule has 2 rings (SSSR count). The molecule has 5 nitrogen and oxygen atoms in total. The Balaban J connectivity index is 2.05. The van der Waals surface area contributed by atoms with Gasteiger partial charge in [-0.25, -0.2) is 0 Å². The first-order valence-corrected chi connectivity index (χ1v) is 7.98. The van der Waals surface area contributed by atoms with Crippen LogP contribution in [0.2, 0.25) is 0 Å². The largest absolute Gasteiger partial charge is 0.355 e. The number of hydrogen-bond donors (Lipinski definition) is 3. The SMILES string of the molecule is CNC(=O)c1cccc(C(=O)NC(CN)C2CCCCC2)c1. The minimum absolute atomic E-state index is 0.0106. The first-order valence-electron chi connectivity index (χ1n) is 7.98. The fraction of sp³-hybridized carbons (Fsp3) is 0.529. The lowest BCUT2D eigenvalue weighted by Gasteiger charge is -2.30. The summed E-state index contributed by atoms with van der Waals surface area (Å²) < 4.78 is 0. The summed E-state index contributed by atoms with van der Waals surface area (Å²) in [6.07, 6.45) is 5.95. The molecule has 1 aromatic rings. The fourth-order valence-electron chi connectivity index (χ4n) is 3.10. The van der Waals surface area contributed by atoms with E-state index >= 15 is 0 Å². The third-order valence-corrected chi connectivity index (χ3v) is 4.40. The van der Waals surface area contributed by atoms with E-state index in [0.717, 1.165) is 12.8 Å². The van der Waals surface area contributed by atoms with Crippen molar-refractivity contribution in [3.8, 4) is 0 Å². The summed E-state index contributed by atoms with van der Waals surface area (Å²) in [5, 5.41) is 5.60. The van der Waals surface area contributed by atoms with Crippen LogP contribution < -0.4 is 16.4 Å². The number of rotatable bonds is 5. The smallest absolute Gasteiger partial charge is 0.251 e. The molecule has 2 amide bonds. The Morgan fingerprint density at radius 1 is 1.18 bits per heavy atom. The molecule has 0 spiro atoms. The number of nitrogens with two attached hydrogens (primary N) is 1. The summed E-state index contributed by atoms with van der Waals surface area (Å²) in [6, 6.07) is 6.75. The molecule has 1 atom stereocenters. The Labute approximate surface area is 131 Å². The van der Waals surface area contributed by atoms with Crippen LogP contribution in [0, 0.1) is 5.92 Å². The number of amides is 2. The van der Waals surface area contributed by atoms with Crippen molar-refractivity contribution >= 4 is 11.8 Å². The van der Waals surface area contributed by atoms with E-state index in [-0.39, 0.29) is 17.9 Å². The second-order valence-electron chi connectivity index (χ2n) is 5.87. The van der Waals surface area contributed by atoms with Crippen LogP contribution in [0.5, 0.6) is 0 Å². The molecular formula is C17H25N3O2. The van der Waals surface area contributed by atoms with Crippen molar-refractivity contribution in [1.82, 2.24) is 10.6 Å². The molecule has 1 saturated carbocycles. The standard InChI is InChI=1S/C17H25N3O2/c1-19-16(21)13-8-5-9-14(10-13)17(22)20-15(11-18)12-6-3-2-4-7-12/h5,8-10,12,15H,2-4,6-7,11,18H2,1H3,(H,19,21)(H,20,22). The van der Waals surface area contributed by atoms with E-state index in [9.17, 15) is 9.59 Å². The van der Waals surface area contributed by atoms with Crippen LogP contribution >= 0.6 is 0 Å². The summed E-state index contributed by atoms with van der Waals surface area (Å²) in [4.78, 5) is 24.1. The quantitative estimate of drug-likeness (QED) is 0.774. The monoisotopic (exact) mass is 303 g/mol. The number of hydrogen-bond acceptors (Lipinski definition) is 3. The van der Waals surface area contributed by atoms with Crippen molar-refractivity contribution in [3.05, 3.63) is 35.4 Å². The first-order chi connectivity index (χ1) is 10.7. The lowest BCUT2D eigenvalue weighted by Crippen LogP contribution is -2.45. The molecule has 0 bridgehead atoms. The second kappa shape index (κ2) is 7.94. The lowest BCUT2D eigenvalue weighted by molar-refractivity contribution is 0.0915. The minimum atomic E-state index is -0.197. The highest BCUT2D eigenvalue weighted by molar-refractivity contribution is 5.99. The maximum atomic E-state index is 12.4. The fourth-order valence-corrected chi connectivity index (χ4v) is 3.10. The van der Waals surface area contributed by atoms with Crippen molar-refractivity contribution in [2.24, 2.45) is 11.7 Å². The first kappa shape index (κ1) is 16.5. The highest BCUT2D eigenvalue weighted by Gasteiger charge is 2.24. The molecule has 0 radical (unpaired) electrons. The van der Waals surface area contributed by atoms with Crippen LogP contribution in [0.3, 0.4) is 0 Å². The topological polar surface area (TPSA) is 84.2 Å². The van der Waals surface area contributed by atoms with Crippen molar-refractivity contribution < 1.29 is 9.59 Å². The molecule has 1 unspecified atom stereocenters. The summed E-state index contributed by atoms with van der Waals surface area (Å²) in [5.41, 5.74) is 6.83. The maximum Gasteiger partial charge on any atom is 0.251 e. The predicted octanol–water partition coefficient (Wildman–Crippen LogP) is 1.68. The van der Waals surface area contributed by atoms with Gasteiger partial charge in [0.2, 0.25) is 0 Å². The van der Waals surface area contributed by atoms with E-state index in [4.69, 9.17) is 5.73 Å². The average molecular weight is 303 g/mol. The molecule has 0 aromatic heterocycles. The molecule has 1 aromatic carbocycles. The Morgan fingerprint density at radius 2 is 1.82 bits per heavy atom. The summed E-state index contributed by atoms with van der Waals surface area (Å²) in [6.45, 7) is 0.450. The molecule has 120 valence electrons. The van der Waals surface area contributed by atoms with E-state index < -0.39 is 0 Å². The van der Waals surface area contributed by atoms with Gasteiger partial charge in [0, 0.05) is 30.8 Å². The van der Waals surface area contributed by atoms with Crippen LogP contribution in [0.1, 0.15) is 52.8 Å². The van der Waals surface area contributed by atoms with Gasteiger partial charge in [0.1, 0.15) is 0 Å². The van der Waals surface area contributed by atoms with E-state index in [1.54, 1.807) is 31.3 Å². The summed E-state index contributed by atoms with van der Waals surface area (Å²) in [7, 11) is 1.57. The van der Waals surface area contributed by atoms with Gasteiger partial charge in [-0.3, -0.25) is 9.59 Å². The van der Waals surface area contributed by atoms with Gasteiger partial charge < -0.3 is 16.4 Å². The third-order valence-electron chi connectivity index (χ3n) is 4.40. The van der Waals surface area contributed by atoms with Gasteiger partial charge in [0.15, 0.2) is 0 Å². The van der Waals surface area contributed by atoms with Gasteiger partial charge >= 0.3 is 0 Å². The van der Waals surface area contributed by atoms with Crippen molar-refractivity contribution in [3.63, 3.8) is 0 Å². The molecule has 4 N–H and O–H groups in total. The van der Waals surface area contributed by atoms with E-state index in [1.807, 2.05) is 0 Å². The van der Waals surface area contributed by atoms with Gasteiger partial charge in [-0.2, -0.15) is 0 Å². The summed E-state index contributed by atoms with van der Waals surface area (Å²) in [5.74, 6) is 0.105. The van der Waals surface area contributed by atoms with Crippen LogP contribution in [-0.2, 0) is 0 Å². The molecule has 1 fully saturated rings. The molecule has 1 aliphatic rings. The lowest BCUT2D eigenvalue weighted by atomic mass is 9.84. The van der Waals surface area contributed by atoms with Crippen LogP contribution in [0.25, 0.3) is 0 Å². The number of nitrogens with one attached hydrogen (secondary N) is 2. The normalized spacial score (nSPS) is 16.8. The zero-order valence-corrected chi connectivity index (χ0v) is 13.1. The zero-order chi connectivity index (χ0) is 15.9. The van der Waals surface area contributed by atoms with Gasteiger partial charge in [0.25, 0.3) is 11.8 Å². The molecule has 0 aliphatic heterocycles. The Bertz CT molecular complexity index is 524. The Kier molecular flexibility index (Phi) is 5.95. The van der Waals surface area contributed by atoms with E-state index in [0.29, 0.717) is 23.6 Å². The third kappa shape index (κ3) is 4.07. The maximum absolute atomic E-state index is 12.4. The number of carbonyl (C=O) groups is 2. The molecule has 0 saturated heterocycles.